The highest BCUT2D eigenvalue weighted by Gasteiger charge is 2.44. The van der Waals surface area contributed by atoms with Crippen molar-refractivity contribution in [2.45, 2.75) is 26.7 Å². The molecule has 2 aliphatic rings. The van der Waals surface area contributed by atoms with Gasteiger partial charge < -0.3 is 19.5 Å². The van der Waals surface area contributed by atoms with Crippen molar-refractivity contribution < 1.29 is 24.2 Å². The Balaban J connectivity index is 1.82. The van der Waals surface area contributed by atoms with Crippen molar-refractivity contribution in [3.05, 3.63) is 59.3 Å². The molecule has 7 heteroatoms. The van der Waals surface area contributed by atoms with Gasteiger partial charge in [-0.25, -0.2) is 4.90 Å². The van der Waals surface area contributed by atoms with Gasteiger partial charge in [-0.3, -0.25) is 9.59 Å². The topological polar surface area (TPSA) is 79.3 Å². The van der Waals surface area contributed by atoms with E-state index in [0.29, 0.717) is 53.7 Å². The summed E-state index contributed by atoms with van der Waals surface area (Å²) in [6, 6.07) is 12.7. The summed E-state index contributed by atoms with van der Waals surface area (Å²) >= 11 is 0. The number of aliphatic hydroxyl groups excluding tert-OH is 1. The summed E-state index contributed by atoms with van der Waals surface area (Å²) in [7, 11) is 1.53. The Labute approximate surface area is 194 Å². The average Bonchev–Trinajstić information content (AvgIpc) is 3.09. The van der Waals surface area contributed by atoms with Crippen molar-refractivity contribution >= 4 is 23.1 Å². The van der Waals surface area contributed by atoms with Crippen LogP contribution in [-0.2, 0) is 9.59 Å². The Morgan fingerprint density at radius 3 is 2.52 bits per heavy atom. The van der Waals surface area contributed by atoms with Crippen LogP contribution in [0.4, 0.5) is 5.69 Å². The maximum atomic E-state index is 13.8. The number of benzene rings is 2. The van der Waals surface area contributed by atoms with E-state index in [2.05, 4.69) is 0 Å². The SMILES string of the molecule is CCOc1ccc(C2=C(N3CCCC(CO)C3)C(=O)N(c3cc(C)ccc3OC)C2=O)cc1. The fourth-order valence-electron chi connectivity index (χ4n) is 4.57. The van der Waals surface area contributed by atoms with E-state index in [1.807, 2.05) is 49.1 Å². The fourth-order valence-corrected chi connectivity index (χ4v) is 4.57. The molecule has 1 fully saturated rings. The summed E-state index contributed by atoms with van der Waals surface area (Å²) in [4.78, 5) is 30.8. The van der Waals surface area contributed by atoms with Gasteiger partial charge in [-0.05, 0) is 68.0 Å². The number of rotatable bonds is 7. The van der Waals surface area contributed by atoms with Gasteiger partial charge in [0, 0.05) is 19.7 Å². The van der Waals surface area contributed by atoms with Crippen molar-refractivity contribution in [3.8, 4) is 11.5 Å². The molecule has 2 heterocycles. The first kappa shape index (κ1) is 22.9. The Kier molecular flexibility index (Phi) is 6.70. The number of imide groups is 1. The van der Waals surface area contributed by atoms with Crippen LogP contribution in [0.15, 0.2) is 48.2 Å². The number of anilines is 1. The molecule has 1 unspecified atom stereocenters. The van der Waals surface area contributed by atoms with Crippen LogP contribution in [0.2, 0.25) is 0 Å². The predicted octanol–water partition coefficient (Wildman–Crippen LogP) is 3.39. The van der Waals surface area contributed by atoms with E-state index in [0.717, 1.165) is 18.4 Å². The number of hydrogen-bond donors (Lipinski definition) is 1. The van der Waals surface area contributed by atoms with Crippen LogP contribution in [0.5, 0.6) is 11.5 Å². The molecule has 0 aromatic heterocycles. The van der Waals surface area contributed by atoms with Gasteiger partial charge in [-0.2, -0.15) is 0 Å². The molecule has 4 rings (SSSR count). The fraction of sp³-hybridized carbons (Fsp3) is 0.385. The largest absolute Gasteiger partial charge is 0.495 e. The van der Waals surface area contributed by atoms with E-state index >= 15 is 0 Å². The molecule has 0 bridgehead atoms. The van der Waals surface area contributed by atoms with Crippen LogP contribution in [0.25, 0.3) is 5.57 Å². The minimum atomic E-state index is -0.380. The summed E-state index contributed by atoms with van der Waals surface area (Å²) in [5.74, 6) is 0.482. The molecule has 33 heavy (non-hydrogen) atoms. The molecule has 1 atom stereocenters. The molecule has 0 spiro atoms. The zero-order valence-electron chi connectivity index (χ0n) is 19.3. The molecule has 2 aromatic carbocycles. The van der Waals surface area contributed by atoms with Gasteiger partial charge in [-0.1, -0.05) is 18.2 Å². The molecule has 0 radical (unpaired) electrons. The second-order valence-electron chi connectivity index (χ2n) is 8.44. The first-order valence-electron chi connectivity index (χ1n) is 11.3. The number of aryl methyl sites for hydroxylation is 1. The second-order valence-corrected chi connectivity index (χ2v) is 8.44. The zero-order chi connectivity index (χ0) is 23.5. The number of aliphatic hydroxyl groups is 1. The number of carbonyl (C=O) groups is 2. The lowest BCUT2D eigenvalue weighted by atomic mass is 9.97. The van der Waals surface area contributed by atoms with Gasteiger partial charge >= 0.3 is 0 Å². The maximum absolute atomic E-state index is 13.8. The van der Waals surface area contributed by atoms with Gasteiger partial charge in [0.05, 0.1) is 25.0 Å². The van der Waals surface area contributed by atoms with Crippen molar-refractivity contribution in [2.24, 2.45) is 5.92 Å². The summed E-state index contributed by atoms with van der Waals surface area (Å²) in [5, 5.41) is 9.73. The van der Waals surface area contributed by atoms with E-state index in [4.69, 9.17) is 9.47 Å². The standard InChI is InChI=1S/C26H30N2O5/c1-4-33-20-10-8-19(9-11-20)23-24(27-13-5-6-18(15-27)16-29)26(31)28(25(23)30)21-14-17(2)7-12-22(21)32-3/h7-12,14,18,29H,4-6,13,15-16H2,1-3H3. The zero-order valence-corrected chi connectivity index (χ0v) is 19.3. The minimum Gasteiger partial charge on any atom is -0.495 e. The number of methoxy groups -OCH3 is 1. The van der Waals surface area contributed by atoms with E-state index in [-0.39, 0.29) is 24.3 Å². The number of ether oxygens (including phenoxy) is 2. The van der Waals surface area contributed by atoms with E-state index in [9.17, 15) is 14.7 Å². The number of hydrogen-bond acceptors (Lipinski definition) is 6. The van der Waals surface area contributed by atoms with Crippen molar-refractivity contribution in [2.75, 3.05) is 38.3 Å². The van der Waals surface area contributed by atoms with Crippen LogP contribution < -0.4 is 14.4 Å². The van der Waals surface area contributed by atoms with E-state index in [1.54, 1.807) is 12.1 Å². The molecule has 1 saturated heterocycles. The van der Waals surface area contributed by atoms with Gasteiger partial charge in [-0.15, -0.1) is 0 Å². The monoisotopic (exact) mass is 450 g/mol. The van der Waals surface area contributed by atoms with Gasteiger partial charge in [0.1, 0.15) is 17.2 Å². The van der Waals surface area contributed by atoms with Crippen LogP contribution in [-0.4, -0.2) is 55.2 Å². The first-order chi connectivity index (χ1) is 16.0. The van der Waals surface area contributed by atoms with Gasteiger partial charge in [0.2, 0.25) is 0 Å². The maximum Gasteiger partial charge on any atom is 0.282 e. The minimum absolute atomic E-state index is 0.0553. The number of nitrogens with zero attached hydrogens (tertiary/aromatic N) is 2. The highest BCUT2D eigenvalue weighted by atomic mass is 16.5. The smallest absolute Gasteiger partial charge is 0.282 e. The number of carbonyl (C=O) groups excluding carboxylic acids is 2. The summed E-state index contributed by atoms with van der Waals surface area (Å²) < 4.78 is 11.0. The number of piperidine rings is 1. The molecule has 7 nitrogen and oxygen atoms in total. The van der Waals surface area contributed by atoms with Crippen molar-refractivity contribution in [3.63, 3.8) is 0 Å². The van der Waals surface area contributed by atoms with E-state index in [1.165, 1.54) is 12.0 Å². The lowest BCUT2D eigenvalue weighted by molar-refractivity contribution is -0.120. The second kappa shape index (κ2) is 9.67. The Bertz CT molecular complexity index is 1080. The van der Waals surface area contributed by atoms with Crippen LogP contribution in [0, 0.1) is 12.8 Å². The molecule has 2 amide bonds. The average molecular weight is 451 g/mol. The Morgan fingerprint density at radius 1 is 1.09 bits per heavy atom. The van der Waals surface area contributed by atoms with Crippen LogP contribution >= 0.6 is 0 Å². The van der Waals surface area contributed by atoms with Crippen LogP contribution in [0.1, 0.15) is 30.9 Å². The third-order valence-electron chi connectivity index (χ3n) is 6.18. The molecular formula is C26H30N2O5. The quantitative estimate of drug-likeness (QED) is 0.652. The summed E-state index contributed by atoms with van der Waals surface area (Å²) in [6.07, 6.45) is 1.75. The molecular weight excluding hydrogens is 420 g/mol. The van der Waals surface area contributed by atoms with Gasteiger partial charge in [0.15, 0.2) is 0 Å². The van der Waals surface area contributed by atoms with Crippen molar-refractivity contribution in [1.29, 1.82) is 0 Å². The highest BCUT2D eigenvalue weighted by Crippen LogP contribution is 2.40. The first-order valence-corrected chi connectivity index (χ1v) is 11.3. The van der Waals surface area contributed by atoms with Crippen molar-refractivity contribution in [1.82, 2.24) is 4.90 Å². The van der Waals surface area contributed by atoms with E-state index < -0.39 is 0 Å². The Morgan fingerprint density at radius 2 is 1.85 bits per heavy atom. The molecule has 174 valence electrons. The van der Waals surface area contributed by atoms with Gasteiger partial charge in [0.25, 0.3) is 11.8 Å². The third-order valence-corrected chi connectivity index (χ3v) is 6.18. The lowest BCUT2D eigenvalue weighted by Gasteiger charge is -2.34. The molecule has 0 saturated carbocycles. The lowest BCUT2D eigenvalue weighted by Crippen LogP contribution is -2.40. The summed E-state index contributed by atoms with van der Waals surface area (Å²) in [6.45, 7) is 5.61. The summed E-state index contributed by atoms with van der Waals surface area (Å²) in [5.41, 5.74) is 2.76. The Hall–Kier alpha value is -3.32. The normalized spacial score (nSPS) is 18.8. The highest BCUT2D eigenvalue weighted by molar-refractivity contribution is 6.45. The molecule has 2 aliphatic heterocycles. The van der Waals surface area contributed by atoms with Crippen LogP contribution in [0.3, 0.4) is 0 Å². The third kappa shape index (κ3) is 4.33. The predicted molar refractivity (Wildman–Crippen MR) is 126 cm³/mol. The molecule has 2 aromatic rings. The molecule has 1 N–H and O–H groups in total. The number of amides is 2. The number of likely N-dealkylation sites (tertiary alicyclic amines) is 1. The molecule has 0 aliphatic carbocycles.